The van der Waals surface area contributed by atoms with Gasteiger partial charge >= 0.3 is 11.9 Å². The molecule has 31 heavy (non-hydrogen) atoms. The number of esters is 2. The first-order valence-corrected chi connectivity index (χ1v) is 10.1. The van der Waals surface area contributed by atoms with E-state index in [1.807, 2.05) is 0 Å². The standard InChI is InChI=1S/C11H11ClO3.C8H8O3.C3H4Cl2/c1-14-11(13)9-3-5-10(6-4-9)15-8-2-7-12;1-11-8(10)6-2-4-7(9)5-3-6;4-2-1-3-5/h2-7H,8H2,1H3;2-5,9H,1H3;1-2H,3H2/b7-2+;;2-1+. The van der Waals surface area contributed by atoms with Crippen LogP contribution in [0.15, 0.2) is 71.8 Å². The maximum absolute atomic E-state index is 11.1. The van der Waals surface area contributed by atoms with E-state index >= 15 is 0 Å². The minimum atomic E-state index is -0.398. The van der Waals surface area contributed by atoms with Gasteiger partial charge in [-0.15, -0.1) is 11.6 Å². The van der Waals surface area contributed by atoms with Gasteiger partial charge in [0.2, 0.25) is 0 Å². The number of halogens is 3. The zero-order valence-corrected chi connectivity index (χ0v) is 19.2. The van der Waals surface area contributed by atoms with Crippen molar-refractivity contribution in [3.63, 3.8) is 0 Å². The van der Waals surface area contributed by atoms with Crippen molar-refractivity contribution in [1.82, 2.24) is 0 Å². The molecule has 0 aromatic heterocycles. The van der Waals surface area contributed by atoms with Crippen molar-refractivity contribution in [1.29, 1.82) is 0 Å². The molecule has 0 aliphatic carbocycles. The molecule has 9 heteroatoms. The van der Waals surface area contributed by atoms with Crippen LogP contribution >= 0.6 is 34.8 Å². The maximum Gasteiger partial charge on any atom is 0.337 e. The molecule has 0 heterocycles. The van der Waals surface area contributed by atoms with E-state index in [1.54, 1.807) is 36.4 Å². The fraction of sp³-hybridized carbons (Fsp3) is 0.182. The van der Waals surface area contributed by atoms with Crippen molar-refractivity contribution in [2.45, 2.75) is 0 Å². The minimum absolute atomic E-state index is 0.137. The van der Waals surface area contributed by atoms with Crippen LogP contribution in [0.5, 0.6) is 11.5 Å². The van der Waals surface area contributed by atoms with Gasteiger partial charge in [-0.3, -0.25) is 0 Å². The van der Waals surface area contributed by atoms with Crippen molar-refractivity contribution >= 4 is 46.7 Å². The molecule has 1 N–H and O–H groups in total. The molecule has 2 aromatic rings. The fourth-order valence-corrected chi connectivity index (χ4v) is 2.08. The van der Waals surface area contributed by atoms with Crippen molar-refractivity contribution < 1.29 is 28.9 Å². The van der Waals surface area contributed by atoms with Gasteiger partial charge in [0, 0.05) is 17.0 Å². The number of phenols is 1. The van der Waals surface area contributed by atoms with Crippen molar-refractivity contribution in [3.05, 3.63) is 82.9 Å². The summed E-state index contributed by atoms with van der Waals surface area (Å²) < 4.78 is 14.3. The number of carbonyl (C=O) groups is 2. The van der Waals surface area contributed by atoms with E-state index in [9.17, 15) is 9.59 Å². The molecule has 0 fully saturated rings. The van der Waals surface area contributed by atoms with Crippen molar-refractivity contribution in [3.8, 4) is 11.5 Å². The molecule has 0 amide bonds. The Balaban J connectivity index is 0.000000492. The summed E-state index contributed by atoms with van der Waals surface area (Å²) in [7, 11) is 2.66. The Hall–Kier alpha value is -2.67. The summed E-state index contributed by atoms with van der Waals surface area (Å²) in [5.41, 5.74) is 3.72. The highest BCUT2D eigenvalue weighted by atomic mass is 35.5. The third-order valence-corrected chi connectivity index (χ3v) is 3.71. The Kier molecular flexibility index (Phi) is 16.6. The normalized spacial score (nSPS) is 9.84. The van der Waals surface area contributed by atoms with Crippen molar-refractivity contribution in [2.75, 3.05) is 26.7 Å². The molecule has 0 aliphatic rings. The summed E-state index contributed by atoms with van der Waals surface area (Å²) in [5, 5.41) is 8.86. The van der Waals surface area contributed by atoms with Gasteiger partial charge in [-0.2, -0.15) is 0 Å². The zero-order valence-electron chi connectivity index (χ0n) is 17.0. The highest BCUT2D eigenvalue weighted by Gasteiger charge is 2.04. The topological polar surface area (TPSA) is 82.1 Å². The molecule has 2 rings (SSSR count). The van der Waals surface area contributed by atoms with Crippen LogP contribution in [0.3, 0.4) is 0 Å². The van der Waals surface area contributed by atoms with Crippen LogP contribution < -0.4 is 4.74 Å². The molecule has 0 saturated heterocycles. The van der Waals surface area contributed by atoms with Gasteiger partial charge in [0.15, 0.2) is 0 Å². The van der Waals surface area contributed by atoms with Crippen LogP contribution in [0.1, 0.15) is 20.7 Å². The molecule has 0 bridgehead atoms. The van der Waals surface area contributed by atoms with E-state index in [0.29, 0.717) is 29.4 Å². The molecule has 0 atom stereocenters. The largest absolute Gasteiger partial charge is 0.508 e. The Labute approximate surface area is 196 Å². The Morgan fingerprint density at radius 2 is 1.29 bits per heavy atom. The third-order valence-electron chi connectivity index (χ3n) is 3.18. The van der Waals surface area contributed by atoms with E-state index in [4.69, 9.17) is 44.6 Å². The average molecular weight is 490 g/mol. The van der Waals surface area contributed by atoms with Gasteiger partial charge in [0.1, 0.15) is 18.1 Å². The number of aromatic hydroxyl groups is 1. The summed E-state index contributed by atoms with van der Waals surface area (Å²) in [6.07, 6.45) is 3.33. The highest BCUT2D eigenvalue weighted by Crippen LogP contribution is 2.13. The highest BCUT2D eigenvalue weighted by molar-refractivity contribution is 6.26. The minimum Gasteiger partial charge on any atom is -0.508 e. The zero-order chi connectivity index (χ0) is 23.5. The lowest BCUT2D eigenvalue weighted by atomic mass is 10.2. The van der Waals surface area contributed by atoms with Gasteiger partial charge in [-0.25, -0.2) is 9.59 Å². The Bertz CT molecular complexity index is 818. The fourth-order valence-electron chi connectivity index (χ4n) is 1.73. The van der Waals surface area contributed by atoms with E-state index < -0.39 is 5.97 Å². The number of ether oxygens (including phenoxy) is 3. The van der Waals surface area contributed by atoms with E-state index in [0.717, 1.165) is 0 Å². The summed E-state index contributed by atoms with van der Waals surface area (Å²) >= 11 is 15.5. The number of methoxy groups -OCH3 is 2. The van der Waals surface area contributed by atoms with E-state index in [-0.39, 0.29) is 11.7 Å². The van der Waals surface area contributed by atoms with Crippen LogP contribution in [-0.4, -0.2) is 43.8 Å². The second-order valence-electron chi connectivity index (χ2n) is 5.24. The lowest BCUT2D eigenvalue weighted by Crippen LogP contribution is -2.01. The van der Waals surface area contributed by atoms with E-state index in [1.165, 1.54) is 49.6 Å². The van der Waals surface area contributed by atoms with Crippen molar-refractivity contribution in [2.24, 2.45) is 0 Å². The SMILES string of the molecule is COC(=O)c1ccc(O)cc1.COC(=O)c1ccc(OC/C=C/Cl)cc1.Cl/C=C/CCl. The number of benzene rings is 2. The van der Waals surface area contributed by atoms with Gasteiger partial charge in [0.25, 0.3) is 0 Å². The van der Waals surface area contributed by atoms with Crippen LogP contribution in [0, 0.1) is 0 Å². The molecular weight excluding hydrogens is 467 g/mol. The first-order chi connectivity index (χ1) is 14.9. The summed E-state index contributed by atoms with van der Waals surface area (Å²) in [6, 6.07) is 12.6. The molecule has 0 aliphatic heterocycles. The molecule has 168 valence electrons. The van der Waals surface area contributed by atoms with Gasteiger partial charge in [-0.05, 0) is 54.6 Å². The number of hydrogen-bond donors (Lipinski definition) is 1. The maximum atomic E-state index is 11.1. The monoisotopic (exact) mass is 488 g/mol. The predicted octanol–water partition coefficient (Wildman–Crippen LogP) is 5.76. The lowest BCUT2D eigenvalue weighted by Gasteiger charge is -2.03. The predicted molar refractivity (Wildman–Crippen MR) is 123 cm³/mol. The average Bonchev–Trinajstić information content (AvgIpc) is 2.80. The van der Waals surface area contributed by atoms with Crippen LogP contribution in [-0.2, 0) is 9.47 Å². The molecular formula is C22H23Cl3O6. The number of phenolic OH excluding ortho intramolecular Hbond substituents is 1. The second kappa shape index (κ2) is 18.1. The Morgan fingerprint density at radius 3 is 1.65 bits per heavy atom. The number of allylic oxidation sites excluding steroid dienone is 1. The van der Waals surface area contributed by atoms with E-state index in [2.05, 4.69) is 9.47 Å². The summed E-state index contributed by atoms with van der Waals surface area (Å²) in [4.78, 5) is 21.9. The Morgan fingerprint density at radius 1 is 0.839 bits per heavy atom. The number of hydrogen-bond acceptors (Lipinski definition) is 6. The number of rotatable bonds is 6. The molecule has 0 spiro atoms. The van der Waals surface area contributed by atoms with Gasteiger partial charge < -0.3 is 19.3 Å². The van der Waals surface area contributed by atoms with Gasteiger partial charge in [-0.1, -0.05) is 29.3 Å². The second-order valence-corrected chi connectivity index (χ2v) is 6.06. The van der Waals surface area contributed by atoms with Crippen LogP contribution in [0.2, 0.25) is 0 Å². The molecule has 0 saturated carbocycles. The first-order valence-electron chi connectivity index (χ1n) is 8.68. The molecule has 0 unspecified atom stereocenters. The molecule has 6 nitrogen and oxygen atoms in total. The summed E-state index contributed by atoms with van der Waals surface area (Å²) in [5.74, 6) is 0.561. The quantitative estimate of drug-likeness (QED) is 0.410. The van der Waals surface area contributed by atoms with Gasteiger partial charge in [0.05, 0.1) is 25.3 Å². The first kappa shape index (κ1) is 28.3. The number of carbonyl (C=O) groups excluding carboxylic acids is 2. The summed E-state index contributed by atoms with van der Waals surface area (Å²) in [6.45, 7) is 0.404. The third kappa shape index (κ3) is 13.3. The van der Waals surface area contributed by atoms with Crippen LogP contribution in [0.25, 0.3) is 0 Å². The molecule has 0 radical (unpaired) electrons. The molecule has 2 aromatic carbocycles. The smallest absolute Gasteiger partial charge is 0.337 e. The van der Waals surface area contributed by atoms with Crippen LogP contribution in [0.4, 0.5) is 0 Å². The lowest BCUT2D eigenvalue weighted by molar-refractivity contribution is 0.0592. The number of alkyl halides is 1.